The quantitative estimate of drug-likeness (QED) is 0.839. The van der Waals surface area contributed by atoms with E-state index >= 15 is 0 Å². The van der Waals surface area contributed by atoms with Gasteiger partial charge in [-0.15, -0.1) is 12.4 Å². The number of halogens is 4. The molecular formula is C11H15Cl2F2NO. The third kappa shape index (κ3) is 3.52. The lowest BCUT2D eigenvalue weighted by Gasteiger charge is -2.23. The summed E-state index contributed by atoms with van der Waals surface area (Å²) in [5.41, 5.74) is 5.25. The molecule has 0 bridgehead atoms. The SMILES string of the molecule is CC(C)[C@H](O)[C@H](N)c1c(F)ccc(Cl)c1F.Cl. The Balaban J connectivity index is 0.00000256. The molecule has 17 heavy (non-hydrogen) atoms. The summed E-state index contributed by atoms with van der Waals surface area (Å²) in [5.74, 6) is -1.91. The van der Waals surface area contributed by atoms with Crippen molar-refractivity contribution >= 4 is 24.0 Å². The van der Waals surface area contributed by atoms with E-state index in [0.717, 1.165) is 12.1 Å². The Bertz CT molecular complexity index is 388. The van der Waals surface area contributed by atoms with Crippen LogP contribution in [0.1, 0.15) is 25.5 Å². The highest BCUT2D eigenvalue weighted by molar-refractivity contribution is 6.30. The molecule has 0 amide bonds. The monoisotopic (exact) mass is 285 g/mol. The van der Waals surface area contributed by atoms with Crippen LogP contribution in [-0.2, 0) is 0 Å². The van der Waals surface area contributed by atoms with Gasteiger partial charge in [-0.1, -0.05) is 25.4 Å². The normalized spacial score (nSPS) is 14.4. The van der Waals surface area contributed by atoms with Crippen LogP contribution >= 0.6 is 24.0 Å². The maximum absolute atomic E-state index is 13.6. The first kappa shape index (κ1) is 16.6. The van der Waals surface area contributed by atoms with Gasteiger partial charge in [-0.3, -0.25) is 0 Å². The molecular weight excluding hydrogens is 271 g/mol. The predicted octanol–water partition coefficient (Wildman–Crippen LogP) is 3.06. The molecule has 0 unspecified atom stereocenters. The number of nitrogens with two attached hydrogens (primary N) is 1. The Kier molecular flexibility index (Phi) is 6.34. The molecule has 0 aliphatic carbocycles. The zero-order valence-electron chi connectivity index (χ0n) is 9.45. The molecule has 0 saturated carbocycles. The molecule has 2 atom stereocenters. The fourth-order valence-electron chi connectivity index (χ4n) is 1.43. The van der Waals surface area contributed by atoms with Gasteiger partial charge in [-0.25, -0.2) is 8.78 Å². The standard InChI is InChI=1S/C11H14ClF2NO.ClH/c1-5(2)11(16)10(15)8-7(13)4-3-6(12)9(8)14;/h3-5,10-11,16H,15H2,1-2H3;1H/t10-,11+;/m1./s1. The molecule has 98 valence electrons. The predicted molar refractivity (Wildman–Crippen MR) is 66.4 cm³/mol. The second-order valence-electron chi connectivity index (χ2n) is 4.02. The molecule has 2 nitrogen and oxygen atoms in total. The average molecular weight is 286 g/mol. The lowest BCUT2D eigenvalue weighted by molar-refractivity contribution is 0.0952. The summed E-state index contributed by atoms with van der Waals surface area (Å²) >= 11 is 5.54. The molecule has 0 fully saturated rings. The molecule has 1 aromatic carbocycles. The first-order chi connectivity index (χ1) is 7.36. The molecule has 1 aromatic rings. The highest BCUT2D eigenvalue weighted by atomic mass is 35.5. The molecule has 1 rings (SSSR count). The van der Waals surface area contributed by atoms with Crippen LogP contribution in [0.15, 0.2) is 12.1 Å². The zero-order valence-corrected chi connectivity index (χ0v) is 11.0. The minimum atomic E-state index is -1.13. The van der Waals surface area contributed by atoms with Gasteiger partial charge in [-0.05, 0) is 18.1 Å². The summed E-state index contributed by atoms with van der Waals surface area (Å²) in [5, 5.41) is 9.48. The van der Waals surface area contributed by atoms with E-state index in [1.807, 2.05) is 0 Å². The molecule has 3 N–H and O–H groups in total. The van der Waals surface area contributed by atoms with E-state index in [4.69, 9.17) is 17.3 Å². The first-order valence-corrected chi connectivity index (χ1v) is 5.31. The largest absolute Gasteiger partial charge is 0.391 e. The van der Waals surface area contributed by atoms with E-state index < -0.39 is 23.8 Å². The van der Waals surface area contributed by atoms with Crippen LogP contribution in [0.5, 0.6) is 0 Å². The summed E-state index contributed by atoms with van der Waals surface area (Å²) in [6.07, 6.45) is -1.03. The third-order valence-electron chi connectivity index (χ3n) is 2.46. The van der Waals surface area contributed by atoms with Crippen LogP contribution in [0.25, 0.3) is 0 Å². The van der Waals surface area contributed by atoms with Crippen LogP contribution in [-0.4, -0.2) is 11.2 Å². The maximum atomic E-state index is 13.6. The lowest BCUT2D eigenvalue weighted by Crippen LogP contribution is -2.32. The third-order valence-corrected chi connectivity index (χ3v) is 2.76. The summed E-state index contributed by atoms with van der Waals surface area (Å²) < 4.78 is 27.0. The van der Waals surface area contributed by atoms with E-state index in [9.17, 15) is 13.9 Å². The fourth-order valence-corrected chi connectivity index (χ4v) is 1.60. The van der Waals surface area contributed by atoms with Gasteiger partial charge in [0.1, 0.15) is 11.6 Å². The molecule has 0 heterocycles. The van der Waals surface area contributed by atoms with Crippen molar-refractivity contribution in [3.8, 4) is 0 Å². The van der Waals surface area contributed by atoms with Gasteiger partial charge in [-0.2, -0.15) is 0 Å². The van der Waals surface area contributed by atoms with Crippen molar-refractivity contribution in [2.45, 2.75) is 26.0 Å². The van der Waals surface area contributed by atoms with E-state index in [1.165, 1.54) is 0 Å². The number of rotatable bonds is 3. The molecule has 0 radical (unpaired) electrons. The first-order valence-electron chi connectivity index (χ1n) is 4.93. The summed E-state index contributed by atoms with van der Waals surface area (Å²) in [6, 6.07) is 1.02. The second kappa shape index (κ2) is 6.50. The Morgan fingerprint density at radius 3 is 2.29 bits per heavy atom. The molecule has 0 aliphatic heterocycles. The number of benzene rings is 1. The van der Waals surface area contributed by atoms with Crippen molar-refractivity contribution < 1.29 is 13.9 Å². The van der Waals surface area contributed by atoms with Gasteiger partial charge in [0, 0.05) is 5.56 Å². The van der Waals surface area contributed by atoms with Gasteiger partial charge in [0.25, 0.3) is 0 Å². The van der Waals surface area contributed by atoms with Crippen LogP contribution in [0.4, 0.5) is 8.78 Å². The lowest BCUT2D eigenvalue weighted by atomic mass is 9.94. The van der Waals surface area contributed by atoms with Crippen LogP contribution in [0.2, 0.25) is 5.02 Å². The zero-order chi connectivity index (χ0) is 12.5. The number of aliphatic hydroxyl groups is 1. The summed E-state index contributed by atoms with van der Waals surface area (Å²) in [6.45, 7) is 3.43. The van der Waals surface area contributed by atoms with Crippen molar-refractivity contribution in [3.63, 3.8) is 0 Å². The minimum absolute atomic E-state index is 0. The number of hydrogen-bond acceptors (Lipinski definition) is 2. The van der Waals surface area contributed by atoms with Crippen LogP contribution in [0.3, 0.4) is 0 Å². The summed E-state index contributed by atoms with van der Waals surface area (Å²) in [4.78, 5) is 0. The highest BCUT2D eigenvalue weighted by Gasteiger charge is 2.26. The molecule has 6 heteroatoms. The highest BCUT2D eigenvalue weighted by Crippen LogP contribution is 2.28. The van der Waals surface area contributed by atoms with E-state index in [-0.39, 0.29) is 28.9 Å². The Morgan fingerprint density at radius 2 is 1.82 bits per heavy atom. The van der Waals surface area contributed by atoms with Gasteiger partial charge in [0.15, 0.2) is 0 Å². The Labute approximate surface area is 110 Å². The van der Waals surface area contributed by atoms with Crippen molar-refractivity contribution in [2.75, 3.05) is 0 Å². The van der Waals surface area contributed by atoms with E-state index in [0.29, 0.717) is 0 Å². The van der Waals surface area contributed by atoms with Gasteiger partial charge < -0.3 is 10.8 Å². The van der Waals surface area contributed by atoms with E-state index in [2.05, 4.69) is 0 Å². The van der Waals surface area contributed by atoms with Crippen molar-refractivity contribution in [3.05, 3.63) is 34.4 Å². The maximum Gasteiger partial charge on any atom is 0.149 e. The number of aliphatic hydroxyl groups excluding tert-OH is 1. The summed E-state index contributed by atoms with van der Waals surface area (Å²) in [7, 11) is 0. The van der Waals surface area contributed by atoms with Gasteiger partial charge >= 0.3 is 0 Å². The smallest absolute Gasteiger partial charge is 0.149 e. The van der Waals surface area contributed by atoms with Crippen molar-refractivity contribution in [1.82, 2.24) is 0 Å². The molecule has 0 aliphatic rings. The van der Waals surface area contributed by atoms with Gasteiger partial charge in [0.2, 0.25) is 0 Å². The van der Waals surface area contributed by atoms with Crippen molar-refractivity contribution in [1.29, 1.82) is 0 Å². The number of hydrogen-bond donors (Lipinski definition) is 2. The van der Waals surface area contributed by atoms with Crippen LogP contribution in [0, 0.1) is 17.6 Å². The Hall–Kier alpha value is -0.420. The van der Waals surface area contributed by atoms with Gasteiger partial charge in [0.05, 0.1) is 17.2 Å². The van der Waals surface area contributed by atoms with E-state index in [1.54, 1.807) is 13.8 Å². The molecule has 0 saturated heterocycles. The minimum Gasteiger partial charge on any atom is -0.391 e. The topological polar surface area (TPSA) is 46.2 Å². The van der Waals surface area contributed by atoms with Crippen LogP contribution < -0.4 is 5.73 Å². The second-order valence-corrected chi connectivity index (χ2v) is 4.42. The molecule has 0 spiro atoms. The molecule has 0 aromatic heterocycles. The van der Waals surface area contributed by atoms with Crippen molar-refractivity contribution in [2.24, 2.45) is 11.7 Å². The average Bonchev–Trinajstić information content (AvgIpc) is 2.22. The fraction of sp³-hybridized carbons (Fsp3) is 0.455. The Morgan fingerprint density at radius 1 is 1.29 bits per heavy atom.